The number of carbonyl (C=O) groups is 1. The summed E-state index contributed by atoms with van der Waals surface area (Å²) in [5.41, 5.74) is 0. The number of hydrogen-bond acceptors (Lipinski definition) is 5. The summed E-state index contributed by atoms with van der Waals surface area (Å²) < 4.78 is 10.2. The van der Waals surface area contributed by atoms with E-state index in [1.807, 2.05) is 0 Å². The Labute approximate surface area is 102 Å². The van der Waals surface area contributed by atoms with Gasteiger partial charge >= 0.3 is 5.97 Å². The molecule has 0 aromatic heterocycles. The van der Waals surface area contributed by atoms with Gasteiger partial charge in [0.05, 0.1) is 20.3 Å². The number of piperidine rings is 1. The molecule has 0 saturated carbocycles. The fourth-order valence-corrected chi connectivity index (χ4v) is 2.61. The third-order valence-corrected chi connectivity index (χ3v) is 3.66. The van der Waals surface area contributed by atoms with Crippen LogP contribution in [0.15, 0.2) is 0 Å². The largest absolute Gasteiger partial charge is 0.468 e. The first-order valence-electron chi connectivity index (χ1n) is 6.41. The molecule has 0 amide bonds. The van der Waals surface area contributed by atoms with Crippen molar-refractivity contribution < 1.29 is 14.3 Å². The SMILES string of the molecule is COC(=O)C1COCCN1CC1CCNCC1. The summed E-state index contributed by atoms with van der Waals surface area (Å²) in [5.74, 6) is 0.528. The topological polar surface area (TPSA) is 50.8 Å². The number of morpholine rings is 1. The molecule has 2 aliphatic heterocycles. The van der Waals surface area contributed by atoms with E-state index in [0.717, 1.165) is 32.8 Å². The fourth-order valence-electron chi connectivity index (χ4n) is 2.61. The van der Waals surface area contributed by atoms with E-state index >= 15 is 0 Å². The molecular formula is C12H22N2O3. The van der Waals surface area contributed by atoms with E-state index in [4.69, 9.17) is 9.47 Å². The first-order valence-corrected chi connectivity index (χ1v) is 6.41. The molecule has 98 valence electrons. The monoisotopic (exact) mass is 242 g/mol. The molecule has 1 unspecified atom stereocenters. The highest BCUT2D eigenvalue weighted by Gasteiger charge is 2.31. The number of rotatable bonds is 3. The van der Waals surface area contributed by atoms with E-state index in [1.54, 1.807) is 0 Å². The number of ether oxygens (including phenoxy) is 2. The van der Waals surface area contributed by atoms with E-state index in [2.05, 4.69) is 10.2 Å². The van der Waals surface area contributed by atoms with E-state index in [0.29, 0.717) is 12.5 Å². The van der Waals surface area contributed by atoms with Crippen molar-refractivity contribution in [1.82, 2.24) is 10.2 Å². The van der Waals surface area contributed by atoms with Crippen LogP contribution in [-0.4, -0.2) is 63.4 Å². The Hall–Kier alpha value is -0.650. The molecule has 0 aliphatic carbocycles. The summed E-state index contributed by atoms with van der Waals surface area (Å²) in [6.07, 6.45) is 2.40. The van der Waals surface area contributed by atoms with Gasteiger partial charge in [-0.15, -0.1) is 0 Å². The smallest absolute Gasteiger partial charge is 0.325 e. The van der Waals surface area contributed by atoms with Gasteiger partial charge in [0.1, 0.15) is 6.04 Å². The quantitative estimate of drug-likeness (QED) is 0.698. The third-order valence-electron chi connectivity index (χ3n) is 3.66. The van der Waals surface area contributed by atoms with E-state index < -0.39 is 0 Å². The van der Waals surface area contributed by atoms with Gasteiger partial charge in [-0.05, 0) is 31.8 Å². The lowest BCUT2D eigenvalue weighted by atomic mass is 9.96. The summed E-state index contributed by atoms with van der Waals surface area (Å²) in [6.45, 7) is 5.21. The Morgan fingerprint density at radius 3 is 2.94 bits per heavy atom. The second kappa shape index (κ2) is 6.33. The molecule has 1 atom stereocenters. The molecule has 2 saturated heterocycles. The second-order valence-electron chi connectivity index (χ2n) is 4.80. The van der Waals surface area contributed by atoms with Gasteiger partial charge in [-0.25, -0.2) is 0 Å². The van der Waals surface area contributed by atoms with Crippen molar-refractivity contribution in [2.45, 2.75) is 18.9 Å². The molecule has 2 aliphatic rings. The van der Waals surface area contributed by atoms with E-state index in [-0.39, 0.29) is 12.0 Å². The molecule has 0 radical (unpaired) electrons. The lowest BCUT2D eigenvalue weighted by Crippen LogP contribution is -2.52. The van der Waals surface area contributed by atoms with Crippen molar-refractivity contribution in [3.05, 3.63) is 0 Å². The number of hydrogen-bond donors (Lipinski definition) is 1. The summed E-state index contributed by atoms with van der Waals surface area (Å²) in [4.78, 5) is 13.9. The normalized spacial score (nSPS) is 27.9. The van der Waals surface area contributed by atoms with Crippen molar-refractivity contribution in [2.24, 2.45) is 5.92 Å². The fraction of sp³-hybridized carbons (Fsp3) is 0.917. The zero-order valence-electron chi connectivity index (χ0n) is 10.5. The Morgan fingerprint density at radius 2 is 2.24 bits per heavy atom. The minimum atomic E-state index is -0.205. The van der Waals surface area contributed by atoms with Gasteiger partial charge in [0.25, 0.3) is 0 Å². The van der Waals surface area contributed by atoms with Gasteiger partial charge in [0, 0.05) is 13.1 Å². The second-order valence-corrected chi connectivity index (χ2v) is 4.80. The summed E-state index contributed by atoms with van der Waals surface area (Å²) >= 11 is 0. The summed E-state index contributed by atoms with van der Waals surface area (Å²) in [7, 11) is 1.44. The Morgan fingerprint density at radius 1 is 1.47 bits per heavy atom. The van der Waals surface area contributed by atoms with Crippen molar-refractivity contribution >= 4 is 5.97 Å². The molecular weight excluding hydrogens is 220 g/mol. The van der Waals surface area contributed by atoms with Gasteiger partial charge in [-0.3, -0.25) is 9.69 Å². The van der Waals surface area contributed by atoms with Crippen LogP contribution < -0.4 is 5.32 Å². The van der Waals surface area contributed by atoms with Crippen molar-refractivity contribution in [2.75, 3.05) is 46.5 Å². The Kier molecular flexibility index (Phi) is 4.76. The standard InChI is InChI=1S/C12H22N2O3/c1-16-12(15)11-9-17-7-6-14(11)8-10-2-4-13-5-3-10/h10-11,13H,2-9H2,1H3. The zero-order valence-corrected chi connectivity index (χ0v) is 10.5. The number of nitrogens with zero attached hydrogens (tertiary/aromatic N) is 1. The van der Waals surface area contributed by atoms with Crippen molar-refractivity contribution in [3.8, 4) is 0 Å². The number of carbonyl (C=O) groups excluding carboxylic acids is 1. The maximum absolute atomic E-state index is 11.7. The van der Waals surface area contributed by atoms with Gasteiger partial charge in [0.15, 0.2) is 0 Å². The Balaban J connectivity index is 1.88. The molecule has 1 N–H and O–H groups in total. The lowest BCUT2D eigenvalue weighted by molar-refractivity contribution is -0.153. The molecule has 2 fully saturated rings. The van der Waals surface area contributed by atoms with Crippen LogP contribution in [0.5, 0.6) is 0 Å². The number of nitrogens with one attached hydrogen (secondary N) is 1. The van der Waals surface area contributed by atoms with Crippen LogP contribution >= 0.6 is 0 Å². The van der Waals surface area contributed by atoms with Crippen LogP contribution in [0.1, 0.15) is 12.8 Å². The zero-order chi connectivity index (χ0) is 12.1. The van der Waals surface area contributed by atoms with Crippen LogP contribution in [-0.2, 0) is 14.3 Å². The molecule has 0 bridgehead atoms. The minimum absolute atomic E-state index is 0.168. The molecule has 2 heterocycles. The van der Waals surface area contributed by atoms with Crippen molar-refractivity contribution in [3.63, 3.8) is 0 Å². The number of methoxy groups -OCH3 is 1. The van der Waals surface area contributed by atoms with E-state index in [9.17, 15) is 4.79 Å². The molecule has 0 aromatic rings. The average molecular weight is 242 g/mol. The van der Waals surface area contributed by atoms with E-state index in [1.165, 1.54) is 20.0 Å². The molecule has 2 rings (SSSR count). The van der Waals surface area contributed by atoms with Crippen molar-refractivity contribution in [1.29, 1.82) is 0 Å². The molecule has 5 nitrogen and oxygen atoms in total. The van der Waals surface area contributed by atoms with Crippen LogP contribution in [0.3, 0.4) is 0 Å². The third kappa shape index (κ3) is 3.40. The van der Waals surface area contributed by atoms with Gasteiger partial charge in [-0.2, -0.15) is 0 Å². The minimum Gasteiger partial charge on any atom is -0.468 e. The maximum atomic E-state index is 11.7. The highest BCUT2D eigenvalue weighted by atomic mass is 16.5. The molecule has 0 spiro atoms. The van der Waals surface area contributed by atoms with Crippen LogP contribution in [0.4, 0.5) is 0 Å². The summed E-state index contributed by atoms with van der Waals surface area (Å²) in [6, 6.07) is -0.205. The van der Waals surface area contributed by atoms with Gasteiger partial charge in [0.2, 0.25) is 0 Å². The number of esters is 1. The maximum Gasteiger partial charge on any atom is 0.325 e. The van der Waals surface area contributed by atoms with Crippen LogP contribution in [0.2, 0.25) is 0 Å². The van der Waals surface area contributed by atoms with Gasteiger partial charge < -0.3 is 14.8 Å². The molecule has 5 heteroatoms. The van der Waals surface area contributed by atoms with Gasteiger partial charge in [-0.1, -0.05) is 0 Å². The summed E-state index contributed by atoms with van der Waals surface area (Å²) in [5, 5.41) is 3.36. The van der Waals surface area contributed by atoms with Crippen LogP contribution in [0, 0.1) is 5.92 Å². The average Bonchev–Trinajstić information content (AvgIpc) is 2.40. The first-order chi connectivity index (χ1) is 8.31. The lowest BCUT2D eigenvalue weighted by Gasteiger charge is -2.37. The molecule has 17 heavy (non-hydrogen) atoms. The molecule has 0 aromatic carbocycles. The van der Waals surface area contributed by atoms with Crippen LogP contribution in [0.25, 0.3) is 0 Å². The highest BCUT2D eigenvalue weighted by Crippen LogP contribution is 2.17. The highest BCUT2D eigenvalue weighted by molar-refractivity contribution is 5.75. The predicted octanol–water partition coefficient (Wildman–Crippen LogP) is -0.140. The predicted molar refractivity (Wildman–Crippen MR) is 63.8 cm³/mol. The Bertz CT molecular complexity index is 254. The first kappa shape index (κ1) is 12.8.